The van der Waals surface area contributed by atoms with Crippen molar-refractivity contribution in [2.45, 2.75) is 63.1 Å². The van der Waals surface area contributed by atoms with Crippen molar-refractivity contribution >= 4 is 22.6 Å². The van der Waals surface area contributed by atoms with E-state index in [0.29, 0.717) is 64.9 Å². The molecule has 0 saturated carbocycles. The number of ether oxygens (including phenoxy) is 2. The minimum atomic E-state index is -5.13. The maximum absolute atomic E-state index is 14.4. The number of nitrogens with one attached hydrogen (secondary N) is 1. The number of halogens is 7. The van der Waals surface area contributed by atoms with Crippen LogP contribution < -0.4 is 14.8 Å². The molecule has 0 bridgehead atoms. The van der Waals surface area contributed by atoms with Gasteiger partial charge >= 0.3 is 18.3 Å². The maximum Gasteiger partial charge on any atom is 0.403 e. The molecule has 3 aromatic carbocycles. The summed E-state index contributed by atoms with van der Waals surface area (Å²) < 4.78 is 108. The van der Waals surface area contributed by atoms with Crippen molar-refractivity contribution in [3.05, 3.63) is 59.7 Å². The molecule has 5 rings (SSSR count). The van der Waals surface area contributed by atoms with Crippen LogP contribution in [0.1, 0.15) is 36.8 Å². The van der Waals surface area contributed by atoms with Crippen molar-refractivity contribution < 1.29 is 54.9 Å². The predicted molar refractivity (Wildman–Crippen MR) is 180 cm³/mol. The fourth-order valence-corrected chi connectivity index (χ4v) is 7.42. The third-order valence-corrected chi connectivity index (χ3v) is 10.2. The fraction of sp³-hybridized carbons (Fsp3) is 0.514. The lowest BCUT2D eigenvalue weighted by atomic mass is 9.76. The summed E-state index contributed by atoms with van der Waals surface area (Å²) in [5, 5.41) is 13.4. The molecule has 15 heteroatoms. The number of fused-ring (bicyclic) bond motifs is 1. The zero-order valence-electron chi connectivity index (χ0n) is 28.9. The van der Waals surface area contributed by atoms with E-state index in [4.69, 9.17) is 9.47 Å². The van der Waals surface area contributed by atoms with Crippen LogP contribution in [0, 0.1) is 5.41 Å². The van der Waals surface area contributed by atoms with Crippen molar-refractivity contribution in [2.24, 2.45) is 5.41 Å². The summed E-state index contributed by atoms with van der Waals surface area (Å²) in [4.78, 5) is 28.6. The second kappa shape index (κ2) is 15.9. The van der Waals surface area contributed by atoms with Crippen molar-refractivity contribution in [2.75, 3.05) is 53.5 Å². The number of piperidine rings is 2. The topological polar surface area (TPSA) is 91.3 Å². The highest BCUT2D eigenvalue weighted by molar-refractivity contribution is 6.01. The van der Waals surface area contributed by atoms with Gasteiger partial charge in [-0.1, -0.05) is 42.5 Å². The molecule has 2 atom stereocenters. The average Bonchev–Trinajstić information content (AvgIpc) is 3.09. The molecule has 52 heavy (non-hydrogen) atoms. The van der Waals surface area contributed by atoms with Gasteiger partial charge in [0.05, 0.1) is 26.3 Å². The molecule has 2 saturated heterocycles. The normalized spacial score (nSPS) is 19.3. The van der Waals surface area contributed by atoms with Crippen LogP contribution >= 0.6 is 0 Å². The van der Waals surface area contributed by atoms with Gasteiger partial charge in [0.1, 0.15) is 29.1 Å². The summed E-state index contributed by atoms with van der Waals surface area (Å²) in [6.45, 7) is -0.904. The Balaban J connectivity index is 1.44. The van der Waals surface area contributed by atoms with E-state index >= 15 is 0 Å². The van der Waals surface area contributed by atoms with Crippen molar-refractivity contribution in [1.29, 1.82) is 0 Å². The summed E-state index contributed by atoms with van der Waals surface area (Å²) in [5.41, 5.74) is -0.459. The largest absolute Gasteiger partial charge is 0.496 e. The molecule has 2 aliphatic rings. The Kier molecular flexibility index (Phi) is 11.9. The monoisotopic (exact) mass is 741 g/mol. The average molecular weight is 742 g/mol. The SMILES string of the molecule is COc1ccc(CCN2CCCC(F)C2)c(OC)c1-c1cccc2c(C[C@H](NC(=O)C3(C(F)(F)F)CCN(CC(F)(F)F)CC3)C(=O)O)cccc12. The highest BCUT2D eigenvalue weighted by Gasteiger charge is 2.61. The summed E-state index contributed by atoms with van der Waals surface area (Å²) in [7, 11) is 3.04. The van der Waals surface area contributed by atoms with Crippen molar-refractivity contribution in [1.82, 2.24) is 15.1 Å². The molecule has 1 amide bonds. The standard InChI is InChI=1S/C37H42F7N3O5/c1-51-30-12-11-23(13-17-46-16-5-7-25(38)21-46)32(52-2)31(30)28-10-4-8-26-24(6-3-9-27(26)28)20-29(33(48)49)45-34(50)35(37(42,43)44)14-18-47(19-15-35)22-36(39,40)41/h3-4,6,8-12,25,29H,5,7,13-22H2,1-2H3,(H,45,50)(H,48,49)/t25?,29-/m0/s1. The van der Waals surface area contributed by atoms with E-state index in [2.05, 4.69) is 10.2 Å². The molecule has 284 valence electrons. The van der Waals surface area contributed by atoms with Crippen molar-refractivity contribution in [3.8, 4) is 22.6 Å². The number of likely N-dealkylation sites (tertiary alicyclic amines) is 2. The van der Waals surface area contributed by atoms with E-state index in [-0.39, 0.29) is 6.42 Å². The van der Waals surface area contributed by atoms with Crippen LogP contribution in [0.3, 0.4) is 0 Å². The van der Waals surface area contributed by atoms with Crippen molar-refractivity contribution in [3.63, 3.8) is 0 Å². The summed E-state index contributed by atoms with van der Waals surface area (Å²) >= 11 is 0. The quantitative estimate of drug-likeness (QED) is 0.197. The Labute approximate surface area is 296 Å². The Morgan fingerprint density at radius 3 is 2.23 bits per heavy atom. The first-order valence-corrected chi connectivity index (χ1v) is 17.1. The Hall–Kier alpha value is -4.11. The highest BCUT2D eigenvalue weighted by Crippen LogP contribution is 2.47. The molecule has 3 aromatic rings. The summed E-state index contributed by atoms with van der Waals surface area (Å²) in [6, 6.07) is 12.3. The molecule has 2 aliphatic heterocycles. The number of alkyl halides is 7. The lowest BCUT2D eigenvalue weighted by Crippen LogP contribution is -2.59. The first-order chi connectivity index (χ1) is 24.6. The van der Waals surface area contributed by atoms with E-state index in [9.17, 15) is 45.4 Å². The van der Waals surface area contributed by atoms with Gasteiger partial charge in [0.2, 0.25) is 5.91 Å². The van der Waals surface area contributed by atoms with Crippen LogP contribution in [0.5, 0.6) is 11.5 Å². The number of aliphatic carboxylic acids is 1. The number of hydrogen-bond donors (Lipinski definition) is 2. The van der Waals surface area contributed by atoms with Crippen LogP contribution in [0.15, 0.2) is 48.5 Å². The van der Waals surface area contributed by atoms with Gasteiger partial charge in [0.15, 0.2) is 0 Å². The van der Waals surface area contributed by atoms with E-state index < -0.39 is 74.3 Å². The van der Waals surface area contributed by atoms with E-state index in [0.717, 1.165) is 23.4 Å². The van der Waals surface area contributed by atoms with Gasteiger partial charge in [0.25, 0.3) is 0 Å². The zero-order chi connectivity index (χ0) is 37.8. The van der Waals surface area contributed by atoms with Gasteiger partial charge < -0.3 is 24.8 Å². The molecule has 2 N–H and O–H groups in total. The third-order valence-electron chi connectivity index (χ3n) is 10.2. The lowest BCUT2D eigenvalue weighted by Gasteiger charge is -2.42. The Morgan fingerprint density at radius 1 is 0.923 bits per heavy atom. The minimum absolute atomic E-state index is 0.368. The molecule has 1 unspecified atom stereocenters. The van der Waals surface area contributed by atoms with Gasteiger partial charge in [-0.3, -0.25) is 9.69 Å². The van der Waals surface area contributed by atoms with Gasteiger partial charge in [-0.05, 0) is 85.3 Å². The number of nitrogens with zero attached hydrogens (tertiary/aromatic N) is 2. The molecule has 0 aliphatic carbocycles. The zero-order valence-corrected chi connectivity index (χ0v) is 28.9. The van der Waals surface area contributed by atoms with Gasteiger partial charge in [-0.25, -0.2) is 9.18 Å². The first-order valence-electron chi connectivity index (χ1n) is 17.1. The first kappa shape index (κ1) is 39.1. The molecular weight excluding hydrogens is 699 g/mol. The molecule has 0 aromatic heterocycles. The Bertz CT molecular complexity index is 1740. The highest BCUT2D eigenvalue weighted by atomic mass is 19.4. The van der Waals surface area contributed by atoms with Crippen LogP contribution in [-0.2, 0) is 22.4 Å². The molecule has 8 nitrogen and oxygen atoms in total. The molecule has 2 fully saturated rings. The number of carbonyl (C=O) groups is 2. The number of methoxy groups -OCH3 is 2. The molecule has 0 radical (unpaired) electrons. The smallest absolute Gasteiger partial charge is 0.403 e. The minimum Gasteiger partial charge on any atom is -0.496 e. The number of carboxylic acid groups (broad SMARTS) is 1. The number of benzene rings is 3. The predicted octanol–water partition coefficient (Wildman–Crippen LogP) is 6.82. The molecule has 0 spiro atoms. The van der Waals surface area contributed by atoms with E-state index in [1.54, 1.807) is 30.3 Å². The second-order valence-corrected chi connectivity index (χ2v) is 13.5. The number of carbonyl (C=O) groups excluding carboxylic acids is 1. The number of rotatable bonds is 12. The van der Waals surface area contributed by atoms with Gasteiger partial charge in [0, 0.05) is 19.5 Å². The molecular formula is C37H42F7N3O5. The third kappa shape index (κ3) is 8.57. The van der Waals surface area contributed by atoms with E-state index in [1.807, 2.05) is 18.2 Å². The maximum atomic E-state index is 14.4. The second-order valence-electron chi connectivity index (χ2n) is 13.5. The van der Waals surface area contributed by atoms with Crippen LogP contribution in [0.25, 0.3) is 21.9 Å². The van der Waals surface area contributed by atoms with Gasteiger partial charge in [-0.2, -0.15) is 26.3 Å². The van der Waals surface area contributed by atoms with Crippen LogP contribution in [0.2, 0.25) is 0 Å². The number of carboxylic acids is 1. The van der Waals surface area contributed by atoms with Crippen LogP contribution in [-0.4, -0.2) is 105 Å². The number of hydrogen-bond acceptors (Lipinski definition) is 6. The van der Waals surface area contributed by atoms with E-state index in [1.165, 1.54) is 14.2 Å². The Morgan fingerprint density at radius 2 is 1.62 bits per heavy atom. The van der Waals surface area contributed by atoms with Crippen LogP contribution in [0.4, 0.5) is 30.7 Å². The summed E-state index contributed by atoms with van der Waals surface area (Å²) in [6.07, 6.45) is -11.0. The summed E-state index contributed by atoms with van der Waals surface area (Å²) in [5.74, 6) is -2.12. The fourth-order valence-electron chi connectivity index (χ4n) is 7.42. The number of amides is 1. The lowest BCUT2D eigenvalue weighted by molar-refractivity contribution is -0.236. The van der Waals surface area contributed by atoms with Gasteiger partial charge in [-0.15, -0.1) is 0 Å². The molecule has 2 heterocycles.